The third-order valence-corrected chi connectivity index (χ3v) is 5.39. The lowest BCUT2D eigenvalue weighted by molar-refractivity contribution is -0.129. The van der Waals surface area contributed by atoms with Gasteiger partial charge in [0.1, 0.15) is 10.8 Å². The number of rotatable bonds is 3. The van der Waals surface area contributed by atoms with Crippen LogP contribution in [0.1, 0.15) is 23.4 Å². The number of ketones is 1. The second-order valence-corrected chi connectivity index (χ2v) is 7.42. The minimum Gasteiger partial charge on any atom is -0.383 e. The van der Waals surface area contributed by atoms with E-state index >= 15 is 0 Å². The Hall–Kier alpha value is -3.07. The predicted octanol–water partition coefficient (Wildman–Crippen LogP) is 0.977. The van der Waals surface area contributed by atoms with Crippen LogP contribution < -0.4 is 11.3 Å². The van der Waals surface area contributed by atoms with Gasteiger partial charge in [0.15, 0.2) is 5.78 Å². The zero-order chi connectivity index (χ0) is 19.0. The van der Waals surface area contributed by atoms with Gasteiger partial charge in [0.25, 0.3) is 5.56 Å². The van der Waals surface area contributed by atoms with Gasteiger partial charge in [-0.3, -0.25) is 14.4 Å². The number of anilines is 1. The Kier molecular flexibility index (Phi) is 4.44. The van der Waals surface area contributed by atoms with Crippen molar-refractivity contribution >= 4 is 39.9 Å². The molecule has 0 radical (unpaired) electrons. The van der Waals surface area contributed by atoms with Crippen molar-refractivity contribution in [3.05, 3.63) is 50.8 Å². The van der Waals surface area contributed by atoms with Gasteiger partial charge in [-0.25, -0.2) is 0 Å². The van der Waals surface area contributed by atoms with E-state index < -0.39 is 5.56 Å². The fourth-order valence-electron chi connectivity index (χ4n) is 3.07. The van der Waals surface area contributed by atoms with Gasteiger partial charge in [0, 0.05) is 13.1 Å². The third-order valence-electron chi connectivity index (χ3n) is 4.49. The first-order valence-electron chi connectivity index (χ1n) is 8.59. The van der Waals surface area contributed by atoms with Gasteiger partial charge in [0.2, 0.25) is 10.9 Å². The van der Waals surface area contributed by atoms with E-state index in [1.807, 2.05) is 4.90 Å². The highest BCUT2D eigenvalue weighted by molar-refractivity contribution is 7.16. The third kappa shape index (κ3) is 3.45. The fraction of sp³-hybridized carbons (Fsp3) is 0.278. The lowest BCUT2D eigenvalue weighted by atomic mass is 10.1. The highest BCUT2D eigenvalue weighted by Crippen LogP contribution is 2.20. The second kappa shape index (κ2) is 6.92. The molecule has 2 aromatic rings. The molecule has 3 heterocycles. The second-order valence-electron chi connectivity index (χ2n) is 6.38. The minimum atomic E-state index is -0.472. The summed E-state index contributed by atoms with van der Waals surface area (Å²) < 4.78 is 1.40. The fourth-order valence-corrected chi connectivity index (χ4v) is 3.95. The highest BCUT2D eigenvalue weighted by atomic mass is 32.1. The molecular weight excluding hydrogens is 366 g/mol. The lowest BCUT2D eigenvalue weighted by Gasteiger charge is -2.13. The summed E-state index contributed by atoms with van der Waals surface area (Å²) in [5, 5.41) is 4.94. The molecule has 27 heavy (non-hydrogen) atoms. The molecule has 0 unspecified atom stereocenters. The van der Waals surface area contributed by atoms with Gasteiger partial charge in [-0.15, -0.1) is 0 Å². The van der Waals surface area contributed by atoms with E-state index in [1.54, 1.807) is 18.2 Å². The molecular formula is C18H17N5O3S. The first-order valence-corrected chi connectivity index (χ1v) is 9.41. The van der Waals surface area contributed by atoms with E-state index in [0.717, 1.165) is 25.9 Å². The summed E-state index contributed by atoms with van der Waals surface area (Å²) in [5.74, 6) is 0.0714. The van der Waals surface area contributed by atoms with Crippen LogP contribution in [0.15, 0.2) is 34.7 Å². The molecule has 2 N–H and O–H groups in total. The van der Waals surface area contributed by atoms with E-state index in [4.69, 9.17) is 5.73 Å². The Balaban J connectivity index is 1.67. The first kappa shape index (κ1) is 17.3. The molecule has 0 aromatic carbocycles. The van der Waals surface area contributed by atoms with E-state index in [1.165, 1.54) is 28.0 Å². The molecule has 1 saturated heterocycles. The molecule has 4 rings (SSSR count). The number of fused-ring (bicyclic) bond motifs is 1. The summed E-state index contributed by atoms with van der Waals surface area (Å²) in [6, 6.07) is 0. The molecule has 0 atom stereocenters. The van der Waals surface area contributed by atoms with E-state index in [9.17, 15) is 14.4 Å². The molecule has 138 valence electrons. The maximum absolute atomic E-state index is 12.4. The molecule has 2 aromatic heterocycles. The van der Waals surface area contributed by atoms with Gasteiger partial charge in [-0.1, -0.05) is 23.5 Å². The summed E-state index contributed by atoms with van der Waals surface area (Å²) in [6.45, 7) is 1.56. The Bertz CT molecular complexity index is 1070. The quantitative estimate of drug-likeness (QED) is 0.846. The van der Waals surface area contributed by atoms with Crippen molar-refractivity contribution in [3.8, 4) is 0 Å². The lowest BCUT2D eigenvalue weighted by Crippen LogP contribution is -2.29. The molecule has 1 fully saturated rings. The van der Waals surface area contributed by atoms with Crippen molar-refractivity contribution < 1.29 is 9.59 Å². The summed E-state index contributed by atoms with van der Waals surface area (Å²) in [4.78, 5) is 42.1. The molecule has 9 heteroatoms. The highest BCUT2D eigenvalue weighted by Gasteiger charge is 2.21. The number of amides is 1. The predicted molar refractivity (Wildman–Crippen MR) is 102 cm³/mol. The summed E-state index contributed by atoms with van der Waals surface area (Å²) in [6.07, 6.45) is 9.85. The zero-order valence-corrected chi connectivity index (χ0v) is 15.2. The summed E-state index contributed by atoms with van der Waals surface area (Å²) in [7, 11) is 0. The normalized spacial score (nSPS) is 16.5. The Morgan fingerprint density at radius 2 is 1.89 bits per heavy atom. The van der Waals surface area contributed by atoms with Crippen molar-refractivity contribution in [2.24, 2.45) is 0 Å². The minimum absolute atomic E-state index is 0.0255. The van der Waals surface area contributed by atoms with Crippen molar-refractivity contribution in [2.45, 2.75) is 19.3 Å². The number of aromatic nitrogens is 3. The number of nitrogens with zero attached hydrogens (tertiary/aromatic N) is 4. The number of hydrogen-bond donors (Lipinski definition) is 1. The SMILES string of the molecule is Nc1c(C=C2C=CC(=O)C=C2)c(=O)nc2sc(CC(=O)N3CCCC3)nn12. The topological polar surface area (TPSA) is 111 Å². The standard InChI is InChI=1S/C18H17N5O3S/c19-16-13(9-11-3-5-12(24)6-4-11)17(26)20-18-23(16)21-14(27-18)10-15(25)22-7-1-2-8-22/h3-6,9H,1-2,7-8,10,19H2. The van der Waals surface area contributed by atoms with Crippen LogP contribution in [0.2, 0.25) is 0 Å². The smallest absolute Gasteiger partial charge is 0.283 e. The molecule has 0 saturated carbocycles. The van der Waals surface area contributed by atoms with E-state index in [-0.39, 0.29) is 29.5 Å². The van der Waals surface area contributed by atoms with Crippen LogP contribution in [0.5, 0.6) is 0 Å². The van der Waals surface area contributed by atoms with Crippen molar-refractivity contribution in [3.63, 3.8) is 0 Å². The van der Waals surface area contributed by atoms with Crippen LogP contribution in [0.25, 0.3) is 11.0 Å². The Morgan fingerprint density at radius 1 is 1.19 bits per heavy atom. The molecule has 0 bridgehead atoms. The van der Waals surface area contributed by atoms with Gasteiger partial charge in [-0.2, -0.15) is 14.6 Å². The summed E-state index contributed by atoms with van der Waals surface area (Å²) >= 11 is 1.19. The number of allylic oxidation sites excluding steroid dienone is 5. The van der Waals surface area contributed by atoms with Gasteiger partial charge < -0.3 is 10.6 Å². The number of nitrogens with two attached hydrogens (primary N) is 1. The monoisotopic (exact) mass is 383 g/mol. The Morgan fingerprint density at radius 3 is 2.59 bits per heavy atom. The number of hydrogen-bond acceptors (Lipinski definition) is 7. The van der Waals surface area contributed by atoms with Gasteiger partial charge in [0.05, 0.1) is 12.0 Å². The maximum Gasteiger partial charge on any atom is 0.283 e. The van der Waals surface area contributed by atoms with E-state index in [2.05, 4.69) is 10.1 Å². The van der Waals surface area contributed by atoms with Crippen LogP contribution >= 0.6 is 11.3 Å². The largest absolute Gasteiger partial charge is 0.383 e. The van der Waals surface area contributed by atoms with Crippen LogP contribution in [0.3, 0.4) is 0 Å². The average Bonchev–Trinajstić information content (AvgIpc) is 3.30. The van der Waals surface area contributed by atoms with Crippen LogP contribution in [0.4, 0.5) is 5.82 Å². The number of carbonyl (C=O) groups excluding carboxylic acids is 2. The van der Waals surface area contributed by atoms with Crippen molar-refractivity contribution in [1.29, 1.82) is 0 Å². The van der Waals surface area contributed by atoms with Crippen LogP contribution in [-0.4, -0.2) is 44.3 Å². The molecule has 1 aliphatic heterocycles. The van der Waals surface area contributed by atoms with Gasteiger partial charge >= 0.3 is 0 Å². The van der Waals surface area contributed by atoms with Crippen LogP contribution in [-0.2, 0) is 16.0 Å². The molecule has 1 amide bonds. The molecule has 0 spiro atoms. The maximum atomic E-state index is 12.4. The first-order chi connectivity index (χ1) is 13.0. The van der Waals surface area contributed by atoms with Crippen molar-refractivity contribution in [2.75, 3.05) is 18.8 Å². The number of nitrogen functional groups attached to an aromatic ring is 1. The summed E-state index contributed by atoms with van der Waals surface area (Å²) in [5.41, 5.74) is 6.54. The van der Waals surface area contributed by atoms with Crippen LogP contribution in [0, 0.1) is 0 Å². The molecule has 1 aliphatic carbocycles. The van der Waals surface area contributed by atoms with E-state index in [0.29, 0.717) is 15.5 Å². The molecule has 2 aliphatic rings. The number of carbonyl (C=O) groups is 2. The average molecular weight is 383 g/mol. The van der Waals surface area contributed by atoms with Crippen molar-refractivity contribution in [1.82, 2.24) is 19.5 Å². The Labute approximate surface area is 158 Å². The number of likely N-dealkylation sites (tertiary alicyclic amines) is 1. The van der Waals surface area contributed by atoms with Gasteiger partial charge in [-0.05, 0) is 36.6 Å². The zero-order valence-electron chi connectivity index (χ0n) is 14.4. The molecule has 8 nitrogen and oxygen atoms in total.